The van der Waals surface area contributed by atoms with Crippen molar-refractivity contribution >= 4 is 11.6 Å². The second-order valence-corrected chi connectivity index (χ2v) is 3.53. The predicted octanol–water partition coefficient (Wildman–Crippen LogP) is 3.37. The van der Waals surface area contributed by atoms with Gasteiger partial charge in [-0.15, -0.1) is 11.6 Å². The van der Waals surface area contributed by atoms with E-state index in [0.717, 1.165) is 23.3 Å². The summed E-state index contributed by atoms with van der Waals surface area (Å²) in [5.74, 6) is 7.59. The second-order valence-electron chi connectivity index (χ2n) is 3.15. The number of halogens is 1. The van der Waals surface area contributed by atoms with Crippen LogP contribution in [-0.2, 0) is 0 Å². The highest BCUT2D eigenvalue weighted by Gasteiger charge is 1.98. The minimum atomic E-state index is 0.586. The summed E-state index contributed by atoms with van der Waals surface area (Å²) in [6, 6.07) is 5.97. The van der Waals surface area contributed by atoms with E-state index in [9.17, 15) is 0 Å². The molecule has 1 nitrogen and oxygen atoms in total. The molecule has 0 aromatic heterocycles. The SMILES string of the molecule is CCOc1ccc(C#CCCCl)cc1C. The number of alkyl halides is 1. The van der Waals surface area contributed by atoms with Gasteiger partial charge in [-0.3, -0.25) is 0 Å². The van der Waals surface area contributed by atoms with Gasteiger partial charge in [0, 0.05) is 17.9 Å². The highest BCUT2D eigenvalue weighted by atomic mass is 35.5. The molecule has 2 heteroatoms. The molecule has 0 N–H and O–H groups in total. The zero-order valence-corrected chi connectivity index (χ0v) is 9.90. The molecule has 0 bridgehead atoms. The van der Waals surface area contributed by atoms with Crippen molar-refractivity contribution in [2.75, 3.05) is 12.5 Å². The molecule has 1 aromatic rings. The van der Waals surface area contributed by atoms with Crippen LogP contribution in [0.25, 0.3) is 0 Å². The molecule has 0 saturated carbocycles. The van der Waals surface area contributed by atoms with E-state index in [2.05, 4.69) is 11.8 Å². The van der Waals surface area contributed by atoms with Crippen LogP contribution in [0.2, 0.25) is 0 Å². The monoisotopic (exact) mass is 222 g/mol. The number of aryl methyl sites for hydroxylation is 1. The van der Waals surface area contributed by atoms with Crippen molar-refractivity contribution in [3.63, 3.8) is 0 Å². The summed E-state index contributed by atoms with van der Waals surface area (Å²) in [7, 11) is 0. The van der Waals surface area contributed by atoms with Crippen LogP contribution in [-0.4, -0.2) is 12.5 Å². The fraction of sp³-hybridized carbons (Fsp3) is 0.385. The molecule has 0 aliphatic rings. The fourth-order valence-corrected chi connectivity index (χ4v) is 1.35. The molecule has 0 aliphatic carbocycles. The average molecular weight is 223 g/mol. The van der Waals surface area contributed by atoms with E-state index < -0.39 is 0 Å². The van der Waals surface area contributed by atoms with Crippen LogP contribution in [0.5, 0.6) is 5.75 Å². The van der Waals surface area contributed by atoms with Gasteiger partial charge in [0.15, 0.2) is 0 Å². The Morgan fingerprint density at radius 2 is 2.20 bits per heavy atom. The van der Waals surface area contributed by atoms with Crippen molar-refractivity contribution in [2.24, 2.45) is 0 Å². The number of hydrogen-bond acceptors (Lipinski definition) is 1. The maximum Gasteiger partial charge on any atom is 0.122 e. The Hall–Kier alpha value is -1.13. The summed E-state index contributed by atoms with van der Waals surface area (Å²) in [5.41, 5.74) is 2.13. The summed E-state index contributed by atoms with van der Waals surface area (Å²) in [6.45, 7) is 4.70. The molecule has 0 fully saturated rings. The molecule has 0 aliphatic heterocycles. The normalized spacial score (nSPS) is 9.27. The Kier molecular flexibility index (Phi) is 5.07. The first-order chi connectivity index (χ1) is 7.27. The van der Waals surface area contributed by atoms with Crippen LogP contribution in [0.3, 0.4) is 0 Å². The van der Waals surface area contributed by atoms with Crippen LogP contribution in [0.15, 0.2) is 18.2 Å². The Morgan fingerprint density at radius 1 is 1.40 bits per heavy atom. The van der Waals surface area contributed by atoms with Gasteiger partial charge >= 0.3 is 0 Å². The van der Waals surface area contributed by atoms with Crippen LogP contribution >= 0.6 is 11.6 Å². The largest absolute Gasteiger partial charge is 0.494 e. The minimum absolute atomic E-state index is 0.586. The smallest absolute Gasteiger partial charge is 0.122 e. The maximum absolute atomic E-state index is 5.54. The van der Waals surface area contributed by atoms with E-state index in [1.807, 2.05) is 32.0 Å². The molecule has 0 atom stereocenters. The van der Waals surface area contributed by atoms with Gasteiger partial charge in [0.05, 0.1) is 6.61 Å². The van der Waals surface area contributed by atoms with E-state index in [-0.39, 0.29) is 0 Å². The van der Waals surface area contributed by atoms with Crippen molar-refractivity contribution in [1.29, 1.82) is 0 Å². The Bertz CT molecular complexity index is 374. The molecule has 0 radical (unpaired) electrons. The van der Waals surface area contributed by atoms with Gasteiger partial charge in [0.1, 0.15) is 5.75 Å². The average Bonchev–Trinajstić information content (AvgIpc) is 2.23. The third-order valence-corrected chi connectivity index (χ3v) is 2.12. The van der Waals surface area contributed by atoms with Crippen molar-refractivity contribution in [2.45, 2.75) is 20.3 Å². The van der Waals surface area contributed by atoms with E-state index in [0.29, 0.717) is 12.5 Å². The first kappa shape index (κ1) is 11.9. The number of hydrogen-bond donors (Lipinski definition) is 0. The fourth-order valence-electron chi connectivity index (χ4n) is 1.26. The number of ether oxygens (including phenoxy) is 1. The van der Waals surface area contributed by atoms with Gasteiger partial charge in [-0.25, -0.2) is 0 Å². The molecule has 0 unspecified atom stereocenters. The summed E-state index contributed by atoms with van der Waals surface area (Å²) >= 11 is 5.54. The maximum atomic E-state index is 5.54. The van der Waals surface area contributed by atoms with Gasteiger partial charge in [-0.05, 0) is 37.6 Å². The third kappa shape index (κ3) is 3.85. The van der Waals surface area contributed by atoms with Crippen LogP contribution in [0.1, 0.15) is 24.5 Å². The Morgan fingerprint density at radius 3 is 2.80 bits per heavy atom. The van der Waals surface area contributed by atoms with Crippen molar-refractivity contribution < 1.29 is 4.74 Å². The molecule has 0 saturated heterocycles. The predicted molar refractivity (Wildman–Crippen MR) is 64.6 cm³/mol. The standard InChI is InChI=1S/C13H15ClO/c1-3-15-13-8-7-12(10-11(13)2)6-4-5-9-14/h7-8,10H,3,5,9H2,1-2H3. The second kappa shape index (κ2) is 6.37. The molecular formula is C13H15ClO. The van der Waals surface area contributed by atoms with Crippen molar-refractivity contribution in [3.05, 3.63) is 29.3 Å². The Balaban J connectivity index is 2.78. The zero-order valence-electron chi connectivity index (χ0n) is 9.14. The van der Waals surface area contributed by atoms with Crippen molar-refractivity contribution in [3.8, 4) is 17.6 Å². The first-order valence-corrected chi connectivity index (χ1v) is 5.59. The van der Waals surface area contributed by atoms with E-state index in [1.165, 1.54) is 0 Å². The molecule has 0 spiro atoms. The Labute approximate surface area is 96.4 Å². The molecule has 0 amide bonds. The van der Waals surface area contributed by atoms with E-state index in [4.69, 9.17) is 16.3 Å². The molecular weight excluding hydrogens is 208 g/mol. The summed E-state index contributed by atoms with van der Waals surface area (Å²) in [4.78, 5) is 0. The van der Waals surface area contributed by atoms with Gasteiger partial charge in [0.25, 0.3) is 0 Å². The number of rotatable bonds is 3. The molecule has 80 valence electrons. The van der Waals surface area contributed by atoms with E-state index in [1.54, 1.807) is 0 Å². The van der Waals surface area contributed by atoms with Crippen LogP contribution < -0.4 is 4.74 Å². The van der Waals surface area contributed by atoms with Gasteiger partial charge in [-0.2, -0.15) is 0 Å². The lowest BCUT2D eigenvalue weighted by molar-refractivity contribution is 0.338. The van der Waals surface area contributed by atoms with Gasteiger partial charge in [0.2, 0.25) is 0 Å². The summed E-state index contributed by atoms with van der Waals surface area (Å²) < 4.78 is 5.45. The lowest BCUT2D eigenvalue weighted by Crippen LogP contribution is -1.93. The highest BCUT2D eigenvalue weighted by molar-refractivity contribution is 6.18. The molecule has 1 rings (SSSR count). The topological polar surface area (TPSA) is 9.23 Å². The minimum Gasteiger partial charge on any atom is -0.494 e. The van der Waals surface area contributed by atoms with Crippen LogP contribution in [0, 0.1) is 18.8 Å². The summed E-state index contributed by atoms with van der Waals surface area (Å²) in [6.07, 6.45) is 0.730. The third-order valence-electron chi connectivity index (χ3n) is 1.93. The van der Waals surface area contributed by atoms with E-state index >= 15 is 0 Å². The highest BCUT2D eigenvalue weighted by Crippen LogP contribution is 2.18. The first-order valence-electron chi connectivity index (χ1n) is 5.06. The molecule has 0 heterocycles. The quantitative estimate of drug-likeness (QED) is 0.563. The molecule has 1 aromatic carbocycles. The van der Waals surface area contributed by atoms with Gasteiger partial charge < -0.3 is 4.74 Å². The summed E-state index contributed by atoms with van der Waals surface area (Å²) in [5, 5.41) is 0. The lowest BCUT2D eigenvalue weighted by atomic mass is 10.1. The molecule has 15 heavy (non-hydrogen) atoms. The lowest BCUT2D eigenvalue weighted by Gasteiger charge is -2.06. The zero-order chi connectivity index (χ0) is 11.1. The van der Waals surface area contributed by atoms with Crippen LogP contribution in [0.4, 0.5) is 0 Å². The number of benzene rings is 1. The van der Waals surface area contributed by atoms with Crippen molar-refractivity contribution in [1.82, 2.24) is 0 Å². The van der Waals surface area contributed by atoms with Gasteiger partial charge in [-0.1, -0.05) is 11.8 Å².